The molecule has 0 saturated carbocycles. The zero-order chi connectivity index (χ0) is 20.3. The number of thioether (sulfide) groups is 1. The van der Waals surface area contributed by atoms with Crippen LogP contribution in [0.1, 0.15) is 19.4 Å². The second-order valence-corrected chi connectivity index (χ2v) is 7.86. The lowest BCUT2D eigenvalue weighted by atomic mass is 10.1. The maximum Gasteiger partial charge on any atom is 0.573 e. The molecule has 0 aliphatic carbocycles. The molecule has 0 amide bonds. The van der Waals surface area contributed by atoms with Gasteiger partial charge in [0.05, 0.1) is 11.9 Å². The van der Waals surface area contributed by atoms with E-state index in [1.165, 1.54) is 12.1 Å². The lowest BCUT2D eigenvalue weighted by molar-refractivity contribution is -0.274. The molecule has 0 aliphatic heterocycles. The molecule has 0 saturated heterocycles. The zero-order valence-corrected chi connectivity index (χ0v) is 16.6. The molecule has 0 radical (unpaired) electrons. The van der Waals surface area contributed by atoms with Gasteiger partial charge in [-0.1, -0.05) is 55.4 Å². The Bertz CT molecular complexity index is 916. The lowest BCUT2D eigenvalue weighted by Gasteiger charge is -2.14. The predicted molar refractivity (Wildman–Crippen MR) is 106 cm³/mol. The van der Waals surface area contributed by atoms with Crippen molar-refractivity contribution in [3.05, 3.63) is 60.3 Å². The average Bonchev–Trinajstić information content (AvgIpc) is 3.04. The molecule has 0 unspecified atom stereocenters. The van der Waals surface area contributed by atoms with Crippen molar-refractivity contribution in [1.29, 1.82) is 0 Å². The molecule has 0 atom stereocenters. The fourth-order valence-electron chi connectivity index (χ4n) is 2.65. The maximum atomic E-state index is 12.4. The van der Waals surface area contributed by atoms with Gasteiger partial charge in [0.1, 0.15) is 5.75 Å². The second kappa shape index (κ2) is 8.31. The molecule has 0 bridgehead atoms. The van der Waals surface area contributed by atoms with Crippen LogP contribution in [-0.4, -0.2) is 21.7 Å². The SMILES string of the molecule is Cc1ccc(-c2cnc(SCC(C)C)n2-c2ccc(OC(F)(F)F)cc2)cc1. The molecule has 0 fully saturated rings. The van der Waals surface area contributed by atoms with Crippen LogP contribution in [0.5, 0.6) is 5.75 Å². The summed E-state index contributed by atoms with van der Waals surface area (Å²) in [5, 5.41) is 0.800. The average molecular weight is 406 g/mol. The highest BCUT2D eigenvalue weighted by atomic mass is 32.2. The van der Waals surface area contributed by atoms with Crippen LogP contribution >= 0.6 is 11.8 Å². The molecule has 3 nitrogen and oxygen atoms in total. The van der Waals surface area contributed by atoms with Crippen molar-refractivity contribution in [2.24, 2.45) is 5.92 Å². The number of imidazole rings is 1. The number of hydrogen-bond acceptors (Lipinski definition) is 3. The van der Waals surface area contributed by atoms with Gasteiger partial charge in [0.15, 0.2) is 5.16 Å². The van der Waals surface area contributed by atoms with Crippen LogP contribution in [0.25, 0.3) is 16.9 Å². The first-order valence-corrected chi connectivity index (χ1v) is 9.85. The van der Waals surface area contributed by atoms with Gasteiger partial charge in [-0.3, -0.25) is 4.57 Å². The van der Waals surface area contributed by atoms with Crippen molar-refractivity contribution < 1.29 is 17.9 Å². The molecule has 3 aromatic rings. The smallest absolute Gasteiger partial charge is 0.406 e. The van der Waals surface area contributed by atoms with E-state index in [0.717, 1.165) is 33.4 Å². The minimum atomic E-state index is -4.71. The minimum absolute atomic E-state index is 0.246. The zero-order valence-electron chi connectivity index (χ0n) is 15.8. The van der Waals surface area contributed by atoms with Gasteiger partial charge in [-0.05, 0) is 37.1 Å². The Morgan fingerprint density at radius 1 is 1.04 bits per heavy atom. The molecular formula is C21H21F3N2OS. The van der Waals surface area contributed by atoms with Gasteiger partial charge in [-0.25, -0.2) is 4.98 Å². The number of rotatable bonds is 6. The number of aryl methyl sites for hydroxylation is 1. The highest BCUT2D eigenvalue weighted by Gasteiger charge is 2.31. The third kappa shape index (κ3) is 5.10. The van der Waals surface area contributed by atoms with Gasteiger partial charge in [0.25, 0.3) is 0 Å². The summed E-state index contributed by atoms with van der Waals surface area (Å²) in [5.41, 5.74) is 3.76. The van der Waals surface area contributed by atoms with Crippen LogP contribution in [0, 0.1) is 12.8 Å². The Labute approximate surface area is 166 Å². The van der Waals surface area contributed by atoms with E-state index in [-0.39, 0.29) is 5.75 Å². The van der Waals surface area contributed by atoms with Gasteiger partial charge in [0.2, 0.25) is 0 Å². The Kier molecular flexibility index (Phi) is 6.03. The van der Waals surface area contributed by atoms with Crippen molar-refractivity contribution in [1.82, 2.24) is 9.55 Å². The molecule has 0 aliphatic rings. The summed E-state index contributed by atoms with van der Waals surface area (Å²) in [7, 11) is 0. The second-order valence-electron chi connectivity index (χ2n) is 6.87. The van der Waals surface area contributed by atoms with E-state index in [2.05, 4.69) is 23.6 Å². The number of benzene rings is 2. The van der Waals surface area contributed by atoms with E-state index in [4.69, 9.17) is 0 Å². The number of nitrogens with zero attached hydrogens (tertiary/aromatic N) is 2. The van der Waals surface area contributed by atoms with Crippen LogP contribution < -0.4 is 4.74 Å². The molecule has 1 heterocycles. The molecule has 28 heavy (non-hydrogen) atoms. The van der Waals surface area contributed by atoms with E-state index in [1.807, 2.05) is 35.8 Å². The Balaban J connectivity index is 2.01. The summed E-state index contributed by atoms with van der Waals surface area (Å²) in [4.78, 5) is 4.56. The van der Waals surface area contributed by atoms with Crippen molar-refractivity contribution in [3.63, 3.8) is 0 Å². The molecule has 0 N–H and O–H groups in total. The Morgan fingerprint density at radius 2 is 1.68 bits per heavy atom. The lowest BCUT2D eigenvalue weighted by Crippen LogP contribution is -2.17. The minimum Gasteiger partial charge on any atom is -0.406 e. The third-order valence-electron chi connectivity index (χ3n) is 3.95. The largest absolute Gasteiger partial charge is 0.573 e. The third-order valence-corrected chi connectivity index (χ3v) is 5.33. The quantitative estimate of drug-likeness (QED) is 0.438. The number of alkyl halides is 3. The highest BCUT2D eigenvalue weighted by Crippen LogP contribution is 2.32. The van der Waals surface area contributed by atoms with Crippen LogP contribution in [0.15, 0.2) is 59.9 Å². The number of hydrogen-bond donors (Lipinski definition) is 0. The first-order valence-electron chi connectivity index (χ1n) is 8.86. The van der Waals surface area contributed by atoms with Crippen molar-refractivity contribution in [3.8, 4) is 22.7 Å². The van der Waals surface area contributed by atoms with Gasteiger partial charge in [-0.15, -0.1) is 13.2 Å². The summed E-state index contributed by atoms with van der Waals surface area (Å²) < 4.78 is 43.2. The monoisotopic (exact) mass is 406 g/mol. The van der Waals surface area contributed by atoms with Crippen LogP contribution in [-0.2, 0) is 0 Å². The number of ether oxygens (including phenoxy) is 1. The molecule has 0 spiro atoms. The summed E-state index contributed by atoms with van der Waals surface area (Å²) in [6, 6.07) is 13.9. The first-order chi connectivity index (χ1) is 13.2. The topological polar surface area (TPSA) is 27.1 Å². The standard InChI is InChI=1S/C21H21F3N2OS/c1-14(2)13-28-20-25-12-19(16-6-4-15(3)5-7-16)26(20)17-8-10-18(11-9-17)27-21(22,23)24/h4-12,14H,13H2,1-3H3. The van der Waals surface area contributed by atoms with Gasteiger partial charge >= 0.3 is 6.36 Å². The fraction of sp³-hybridized carbons (Fsp3) is 0.286. The van der Waals surface area contributed by atoms with Gasteiger partial charge < -0.3 is 4.74 Å². The highest BCUT2D eigenvalue weighted by molar-refractivity contribution is 7.99. The van der Waals surface area contributed by atoms with E-state index < -0.39 is 6.36 Å². The van der Waals surface area contributed by atoms with Crippen molar-refractivity contribution in [2.75, 3.05) is 5.75 Å². The molecule has 3 rings (SSSR count). The van der Waals surface area contributed by atoms with Crippen molar-refractivity contribution >= 4 is 11.8 Å². The molecule has 148 valence electrons. The number of aromatic nitrogens is 2. The van der Waals surface area contributed by atoms with Gasteiger partial charge in [-0.2, -0.15) is 0 Å². The van der Waals surface area contributed by atoms with Crippen LogP contribution in [0.3, 0.4) is 0 Å². The summed E-state index contributed by atoms with van der Waals surface area (Å²) in [6.45, 7) is 6.28. The fourth-order valence-corrected chi connectivity index (χ4v) is 3.59. The summed E-state index contributed by atoms with van der Waals surface area (Å²) >= 11 is 1.62. The Morgan fingerprint density at radius 3 is 2.25 bits per heavy atom. The van der Waals surface area contributed by atoms with Gasteiger partial charge in [0, 0.05) is 17.0 Å². The van der Waals surface area contributed by atoms with Crippen molar-refractivity contribution in [2.45, 2.75) is 32.3 Å². The molecule has 7 heteroatoms. The first kappa shape index (κ1) is 20.3. The molecule has 2 aromatic carbocycles. The maximum absolute atomic E-state index is 12.4. The van der Waals surface area contributed by atoms with E-state index in [0.29, 0.717) is 5.92 Å². The number of halogens is 3. The predicted octanol–water partition coefficient (Wildman–Crippen LogP) is 6.49. The normalized spacial score (nSPS) is 11.8. The Hall–Kier alpha value is -2.41. The van der Waals surface area contributed by atoms with Crippen LogP contribution in [0.4, 0.5) is 13.2 Å². The summed E-state index contributed by atoms with van der Waals surface area (Å²) in [5.74, 6) is 1.13. The van der Waals surface area contributed by atoms with E-state index in [9.17, 15) is 13.2 Å². The summed E-state index contributed by atoms with van der Waals surface area (Å²) in [6.07, 6.45) is -2.91. The van der Waals surface area contributed by atoms with E-state index in [1.54, 1.807) is 30.1 Å². The molecule has 1 aromatic heterocycles. The van der Waals surface area contributed by atoms with E-state index >= 15 is 0 Å². The molecular weight excluding hydrogens is 385 g/mol. The van der Waals surface area contributed by atoms with Crippen LogP contribution in [0.2, 0.25) is 0 Å².